The van der Waals surface area contributed by atoms with E-state index in [2.05, 4.69) is 0 Å². The number of aliphatic hydroxyl groups excluding tert-OH is 1. The molecular weight excluding hydrogens is 268 g/mol. The van der Waals surface area contributed by atoms with Crippen molar-refractivity contribution >= 4 is 11.8 Å². The van der Waals surface area contributed by atoms with Gasteiger partial charge in [-0.3, -0.25) is 4.79 Å². The van der Waals surface area contributed by atoms with E-state index in [1.807, 2.05) is 6.07 Å². The zero-order chi connectivity index (χ0) is 15.8. The van der Waals surface area contributed by atoms with Crippen molar-refractivity contribution in [1.82, 2.24) is 0 Å². The lowest BCUT2D eigenvalue weighted by molar-refractivity contribution is -0.125. The molecule has 0 amide bonds. The number of benzene rings is 1. The number of carbonyl (C=O) groups is 2. The van der Waals surface area contributed by atoms with Crippen LogP contribution >= 0.6 is 0 Å². The van der Waals surface area contributed by atoms with Crippen LogP contribution in [0, 0.1) is 5.92 Å². The zero-order valence-corrected chi connectivity index (χ0v) is 12.7. The lowest BCUT2D eigenvalue weighted by Gasteiger charge is -2.18. The number of Topliss-reactive ketones (excluding diaryl/α,β-unsaturated/α-hetero) is 1. The molecule has 0 radical (unpaired) electrons. The summed E-state index contributed by atoms with van der Waals surface area (Å²) >= 11 is 0. The molecule has 1 N–H and O–H groups in total. The molecule has 1 aromatic rings. The largest absolute Gasteiger partial charge is 0.428 e. The summed E-state index contributed by atoms with van der Waals surface area (Å²) in [5.41, 5.74) is 0.448. The van der Waals surface area contributed by atoms with Crippen LogP contribution in [0.25, 0.3) is 0 Å². The summed E-state index contributed by atoms with van der Waals surface area (Å²) in [7, 11) is 0. The molecule has 0 aromatic heterocycles. The van der Waals surface area contributed by atoms with Gasteiger partial charge in [0.15, 0.2) is 0 Å². The SMILES string of the molecule is C/C=C(/C[C@@H](O)[C@H](C)C(=O)CC)OC(=O)c1ccccc1. The van der Waals surface area contributed by atoms with Gasteiger partial charge in [0.1, 0.15) is 11.5 Å². The summed E-state index contributed by atoms with van der Waals surface area (Å²) in [6.07, 6.45) is 1.30. The number of allylic oxidation sites excluding steroid dienone is 1. The summed E-state index contributed by atoms with van der Waals surface area (Å²) in [4.78, 5) is 23.5. The maximum absolute atomic E-state index is 11.9. The van der Waals surface area contributed by atoms with Crippen molar-refractivity contribution in [2.45, 2.75) is 39.7 Å². The van der Waals surface area contributed by atoms with Crippen LogP contribution in [-0.4, -0.2) is 23.0 Å². The minimum absolute atomic E-state index is 0.00709. The van der Waals surface area contributed by atoms with E-state index < -0.39 is 18.0 Å². The predicted molar refractivity (Wildman–Crippen MR) is 80.7 cm³/mol. The third-order valence-electron chi connectivity index (χ3n) is 3.40. The van der Waals surface area contributed by atoms with E-state index in [-0.39, 0.29) is 12.2 Å². The Balaban J connectivity index is 2.64. The summed E-state index contributed by atoms with van der Waals surface area (Å²) < 4.78 is 5.27. The molecule has 0 spiro atoms. The predicted octanol–water partition coefficient (Wildman–Crippen LogP) is 3.11. The van der Waals surface area contributed by atoms with Gasteiger partial charge in [-0.15, -0.1) is 0 Å². The quantitative estimate of drug-likeness (QED) is 0.619. The molecule has 0 fully saturated rings. The number of esters is 1. The number of aliphatic hydroxyl groups is 1. The molecule has 2 atom stereocenters. The van der Waals surface area contributed by atoms with Crippen LogP contribution in [0.3, 0.4) is 0 Å². The van der Waals surface area contributed by atoms with Crippen LogP contribution in [0.2, 0.25) is 0 Å². The molecule has 0 unspecified atom stereocenters. The average molecular weight is 290 g/mol. The molecule has 114 valence electrons. The Morgan fingerprint density at radius 1 is 1.29 bits per heavy atom. The molecule has 0 aliphatic rings. The Hall–Kier alpha value is -1.94. The van der Waals surface area contributed by atoms with Crippen LogP contribution in [0.15, 0.2) is 42.2 Å². The summed E-state index contributed by atoms with van der Waals surface area (Å²) in [6, 6.07) is 8.64. The van der Waals surface area contributed by atoms with Crippen molar-refractivity contribution in [3.63, 3.8) is 0 Å². The first-order valence-electron chi connectivity index (χ1n) is 7.12. The zero-order valence-electron chi connectivity index (χ0n) is 12.7. The fourth-order valence-electron chi connectivity index (χ4n) is 1.89. The number of hydrogen-bond donors (Lipinski definition) is 1. The fraction of sp³-hybridized carbons (Fsp3) is 0.412. The number of carbonyl (C=O) groups excluding carboxylic acids is 2. The number of ketones is 1. The van der Waals surface area contributed by atoms with Gasteiger partial charge in [-0.2, -0.15) is 0 Å². The van der Waals surface area contributed by atoms with Gasteiger partial charge in [0.05, 0.1) is 11.7 Å². The van der Waals surface area contributed by atoms with Crippen molar-refractivity contribution in [2.75, 3.05) is 0 Å². The molecule has 0 aliphatic heterocycles. The Bertz CT molecular complexity index is 505. The second-order valence-electron chi connectivity index (χ2n) is 4.89. The van der Waals surface area contributed by atoms with Gasteiger partial charge in [0.25, 0.3) is 0 Å². The maximum atomic E-state index is 11.9. The third-order valence-corrected chi connectivity index (χ3v) is 3.40. The van der Waals surface area contributed by atoms with Crippen LogP contribution in [0.1, 0.15) is 44.0 Å². The lowest BCUT2D eigenvalue weighted by atomic mass is 9.95. The average Bonchev–Trinajstić information content (AvgIpc) is 2.53. The van der Waals surface area contributed by atoms with Crippen molar-refractivity contribution in [3.8, 4) is 0 Å². The molecule has 0 aliphatic carbocycles. The molecule has 4 nitrogen and oxygen atoms in total. The van der Waals surface area contributed by atoms with E-state index >= 15 is 0 Å². The topological polar surface area (TPSA) is 63.6 Å². The van der Waals surface area contributed by atoms with E-state index in [0.29, 0.717) is 17.7 Å². The molecule has 0 heterocycles. The van der Waals surface area contributed by atoms with Gasteiger partial charge in [-0.05, 0) is 25.1 Å². The highest BCUT2D eigenvalue weighted by Gasteiger charge is 2.23. The van der Waals surface area contributed by atoms with E-state index in [4.69, 9.17) is 4.74 Å². The Morgan fingerprint density at radius 3 is 2.43 bits per heavy atom. The number of ether oxygens (including phenoxy) is 1. The molecule has 0 bridgehead atoms. The van der Waals surface area contributed by atoms with Gasteiger partial charge < -0.3 is 9.84 Å². The molecule has 1 aromatic carbocycles. The Kier molecular flexibility index (Phi) is 6.82. The van der Waals surface area contributed by atoms with Crippen LogP contribution in [0.4, 0.5) is 0 Å². The van der Waals surface area contributed by atoms with E-state index in [9.17, 15) is 14.7 Å². The summed E-state index contributed by atoms with van der Waals surface area (Å²) in [6.45, 7) is 5.17. The highest BCUT2D eigenvalue weighted by atomic mass is 16.5. The Labute approximate surface area is 125 Å². The molecule has 1 rings (SSSR count). The molecule has 21 heavy (non-hydrogen) atoms. The maximum Gasteiger partial charge on any atom is 0.343 e. The minimum atomic E-state index is -0.854. The minimum Gasteiger partial charge on any atom is -0.428 e. The van der Waals surface area contributed by atoms with Gasteiger partial charge in [0.2, 0.25) is 0 Å². The van der Waals surface area contributed by atoms with Gasteiger partial charge in [-0.1, -0.05) is 32.0 Å². The summed E-state index contributed by atoms with van der Waals surface area (Å²) in [5, 5.41) is 10.1. The molecular formula is C17H22O4. The first kappa shape index (κ1) is 17.1. The van der Waals surface area contributed by atoms with E-state index in [0.717, 1.165) is 0 Å². The van der Waals surface area contributed by atoms with Crippen LogP contribution in [-0.2, 0) is 9.53 Å². The third kappa shape index (κ3) is 5.16. The molecule has 4 heteroatoms. The van der Waals surface area contributed by atoms with Crippen molar-refractivity contribution in [3.05, 3.63) is 47.7 Å². The highest BCUT2D eigenvalue weighted by Crippen LogP contribution is 2.17. The van der Waals surface area contributed by atoms with Crippen molar-refractivity contribution in [1.29, 1.82) is 0 Å². The van der Waals surface area contributed by atoms with Gasteiger partial charge >= 0.3 is 5.97 Å². The van der Waals surface area contributed by atoms with Crippen LogP contribution in [0.5, 0.6) is 0 Å². The second kappa shape index (κ2) is 8.37. The van der Waals surface area contributed by atoms with E-state index in [1.165, 1.54) is 0 Å². The first-order valence-corrected chi connectivity index (χ1v) is 7.12. The van der Waals surface area contributed by atoms with E-state index in [1.54, 1.807) is 51.1 Å². The van der Waals surface area contributed by atoms with Gasteiger partial charge in [-0.25, -0.2) is 4.79 Å². The van der Waals surface area contributed by atoms with Crippen LogP contribution < -0.4 is 0 Å². The van der Waals surface area contributed by atoms with Crippen molar-refractivity contribution in [2.24, 2.45) is 5.92 Å². The standard InChI is InChI=1S/C17H22O4/c1-4-14(11-16(19)12(3)15(18)5-2)21-17(20)13-9-7-6-8-10-13/h4,6-10,12,16,19H,5,11H2,1-3H3/b14-4-/t12-,16-/m1/s1. The Morgan fingerprint density at radius 2 is 1.90 bits per heavy atom. The highest BCUT2D eigenvalue weighted by molar-refractivity contribution is 5.90. The monoisotopic (exact) mass is 290 g/mol. The smallest absolute Gasteiger partial charge is 0.343 e. The first-order chi connectivity index (χ1) is 9.99. The fourth-order valence-corrected chi connectivity index (χ4v) is 1.89. The summed E-state index contributed by atoms with van der Waals surface area (Å²) in [5.74, 6) is -0.579. The second-order valence-corrected chi connectivity index (χ2v) is 4.89. The molecule has 0 saturated carbocycles. The van der Waals surface area contributed by atoms with Crippen molar-refractivity contribution < 1.29 is 19.4 Å². The van der Waals surface area contributed by atoms with Gasteiger partial charge in [0, 0.05) is 18.8 Å². The molecule has 0 saturated heterocycles. The number of rotatable bonds is 7. The number of hydrogen-bond acceptors (Lipinski definition) is 4. The normalized spacial score (nSPS) is 14.4. The lowest BCUT2D eigenvalue weighted by Crippen LogP contribution is -2.26.